The zero-order valence-corrected chi connectivity index (χ0v) is 9.15. The first-order chi connectivity index (χ1) is 6.77. The molecule has 1 heterocycles. The number of phenols is 1. The number of hydrogen-bond acceptors (Lipinski definition) is 3. The number of thiophene rings is 1. The highest BCUT2D eigenvalue weighted by atomic mass is 35.5. The molecule has 0 saturated carbocycles. The molecular weight excluding hydrogens is 220 g/mol. The number of alkyl halides is 1. The molecule has 0 unspecified atom stereocenters. The van der Waals surface area contributed by atoms with Crippen molar-refractivity contribution >= 4 is 33.0 Å². The second-order valence-electron chi connectivity index (χ2n) is 2.89. The molecule has 0 fully saturated rings. The van der Waals surface area contributed by atoms with Crippen molar-refractivity contribution in [2.45, 2.75) is 5.88 Å². The maximum Gasteiger partial charge on any atom is 0.178 e. The van der Waals surface area contributed by atoms with E-state index in [1.54, 1.807) is 13.2 Å². The quantitative estimate of drug-likeness (QED) is 0.799. The van der Waals surface area contributed by atoms with Crippen LogP contribution in [0.3, 0.4) is 0 Å². The summed E-state index contributed by atoms with van der Waals surface area (Å²) >= 11 is 7.32. The molecule has 4 heteroatoms. The van der Waals surface area contributed by atoms with Crippen molar-refractivity contribution in [2.75, 3.05) is 7.11 Å². The van der Waals surface area contributed by atoms with Crippen molar-refractivity contribution in [3.8, 4) is 11.5 Å². The molecule has 74 valence electrons. The van der Waals surface area contributed by atoms with Crippen LogP contribution in [0, 0.1) is 0 Å². The third kappa shape index (κ3) is 1.33. The molecule has 14 heavy (non-hydrogen) atoms. The van der Waals surface area contributed by atoms with Crippen molar-refractivity contribution in [3.63, 3.8) is 0 Å². The normalized spacial score (nSPS) is 10.7. The molecule has 2 rings (SSSR count). The number of benzene rings is 1. The molecule has 0 atom stereocenters. The number of methoxy groups -OCH3 is 1. The molecule has 0 aliphatic rings. The van der Waals surface area contributed by atoms with Crippen LogP contribution in [0.5, 0.6) is 11.5 Å². The molecule has 0 aliphatic carbocycles. The molecule has 1 aromatic heterocycles. The fourth-order valence-corrected chi connectivity index (χ4v) is 2.82. The van der Waals surface area contributed by atoms with Gasteiger partial charge in [-0.15, -0.1) is 22.9 Å². The molecule has 2 nitrogen and oxygen atoms in total. The van der Waals surface area contributed by atoms with Crippen molar-refractivity contribution in [1.29, 1.82) is 0 Å². The smallest absolute Gasteiger partial charge is 0.178 e. The number of aromatic hydroxyl groups is 1. The van der Waals surface area contributed by atoms with Gasteiger partial charge in [-0.3, -0.25) is 0 Å². The van der Waals surface area contributed by atoms with E-state index in [1.807, 2.05) is 11.4 Å². The second kappa shape index (κ2) is 3.67. The van der Waals surface area contributed by atoms with Crippen LogP contribution < -0.4 is 4.74 Å². The summed E-state index contributed by atoms with van der Waals surface area (Å²) in [6, 6.07) is 3.49. The first kappa shape index (κ1) is 9.62. The molecule has 0 amide bonds. The van der Waals surface area contributed by atoms with Crippen LogP contribution in [-0.4, -0.2) is 12.2 Å². The highest BCUT2D eigenvalue weighted by Crippen LogP contribution is 2.40. The van der Waals surface area contributed by atoms with Gasteiger partial charge in [-0.1, -0.05) is 0 Å². The average molecular weight is 229 g/mol. The van der Waals surface area contributed by atoms with Crippen LogP contribution in [0.15, 0.2) is 17.5 Å². The number of phenolic OH excluding ortho intramolecular Hbond substituents is 1. The largest absolute Gasteiger partial charge is 0.504 e. The third-order valence-corrected chi connectivity index (χ3v) is 3.44. The highest BCUT2D eigenvalue weighted by Gasteiger charge is 2.11. The zero-order valence-electron chi connectivity index (χ0n) is 7.58. The summed E-state index contributed by atoms with van der Waals surface area (Å²) in [4.78, 5) is 0. The second-order valence-corrected chi connectivity index (χ2v) is 4.04. The van der Waals surface area contributed by atoms with Gasteiger partial charge in [-0.05, 0) is 23.1 Å². The van der Waals surface area contributed by atoms with Gasteiger partial charge >= 0.3 is 0 Å². The van der Waals surface area contributed by atoms with Crippen molar-refractivity contribution < 1.29 is 9.84 Å². The highest BCUT2D eigenvalue weighted by molar-refractivity contribution is 7.17. The van der Waals surface area contributed by atoms with E-state index in [0.717, 1.165) is 15.6 Å². The summed E-state index contributed by atoms with van der Waals surface area (Å²) < 4.78 is 6.08. The summed E-state index contributed by atoms with van der Waals surface area (Å²) in [7, 11) is 1.55. The van der Waals surface area contributed by atoms with E-state index in [2.05, 4.69) is 0 Å². The molecule has 0 bridgehead atoms. The van der Waals surface area contributed by atoms with Crippen LogP contribution in [0.2, 0.25) is 0 Å². The molecule has 1 N–H and O–H groups in total. The summed E-state index contributed by atoms with van der Waals surface area (Å²) in [5, 5.41) is 12.6. The van der Waals surface area contributed by atoms with E-state index in [0.29, 0.717) is 11.6 Å². The Kier molecular flexibility index (Phi) is 2.52. The standard InChI is InChI=1S/C10H9ClO2S/c1-13-9-8(12)3-2-7-6(4-11)5-14-10(7)9/h2-3,5,12H,4H2,1H3. The lowest BCUT2D eigenvalue weighted by atomic mass is 10.2. The fourth-order valence-electron chi connectivity index (χ4n) is 1.42. The Bertz CT molecular complexity index is 464. The molecule has 0 aliphatic heterocycles. The van der Waals surface area contributed by atoms with Crippen LogP contribution in [0.1, 0.15) is 5.56 Å². The summed E-state index contributed by atoms with van der Waals surface area (Å²) in [6.45, 7) is 0. The number of rotatable bonds is 2. The van der Waals surface area contributed by atoms with Crippen LogP contribution in [-0.2, 0) is 5.88 Å². The van der Waals surface area contributed by atoms with Gasteiger partial charge in [0.2, 0.25) is 0 Å². The van der Waals surface area contributed by atoms with Crippen LogP contribution in [0.4, 0.5) is 0 Å². The summed E-state index contributed by atoms with van der Waals surface area (Å²) in [5.74, 6) is 1.18. The van der Waals surface area contributed by atoms with Gasteiger partial charge in [0.1, 0.15) is 0 Å². The predicted octanol–water partition coefficient (Wildman–Crippen LogP) is 3.35. The third-order valence-electron chi connectivity index (χ3n) is 2.10. The number of fused-ring (bicyclic) bond motifs is 1. The van der Waals surface area contributed by atoms with E-state index >= 15 is 0 Å². The first-order valence-electron chi connectivity index (χ1n) is 4.10. The van der Waals surface area contributed by atoms with E-state index in [1.165, 1.54) is 11.3 Å². The lowest BCUT2D eigenvalue weighted by Gasteiger charge is -2.04. The average Bonchev–Trinajstić information content (AvgIpc) is 2.60. The summed E-state index contributed by atoms with van der Waals surface area (Å²) in [5.41, 5.74) is 1.07. The monoisotopic (exact) mass is 228 g/mol. The zero-order chi connectivity index (χ0) is 10.1. The van der Waals surface area contributed by atoms with E-state index in [9.17, 15) is 5.11 Å². The molecule has 1 aromatic carbocycles. The molecule has 0 spiro atoms. The van der Waals surface area contributed by atoms with Gasteiger partial charge in [0.25, 0.3) is 0 Å². The summed E-state index contributed by atoms with van der Waals surface area (Å²) in [6.07, 6.45) is 0. The topological polar surface area (TPSA) is 29.5 Å². The van der Waals surface area contributed by atoms with Gasteiger partial charge in [-0.2, -0.15) is 0 Å². The maximum absolute atomic E-state index is 9.54. The van der Waals surface area contributed by atoms with Crippen LogP contribution in [0.25, 0.3) is 10.1 Å². The fraction of sp³-hybridized carbons (Fsp3) is 0.200. The van der Waals surface area contributed by atoms with E-state index < -0.39 is 0 Å². The first-order valence-corrected chi connectivity index (χ1v) is 5.51. The van der Waals surface area contributed by atoms with Gasteiger partial charge in [0.05, 0.1) is 11.8 Å². The number of hydrogen-bond donors (Lipinski definition) is 1. The SMILES string of the molecule is COc1c(O)ccc2c(CCl)csc12. The Hall–Kier alpha value is -0.930. The minimum atomic E-state index is 0.169. The predicted molar refractivity (Wildman–Crippen MR) is 59.6 cm³/mol. The van der Waals surface area contributed by atoms with Gasteiger partial charge in [-0.25, -0.2) is 0 Å². The Morgan fingerprint density at radius 2 is 2.29 bits per heavy atom. The Balaban J connectivity index is 2.76. The molecule has 0 saturated heterocycles. The Labute approximate surface area is 90.7 Å². The minimum absolute atomic E-state index is 0.169. The molecule has 2 aromatic rings. The van der Waals surface area contributed by atoms with Gasteiger partial charge in [0.15, 0.2) is 11.5 Å². The number of ether oxygens (including phenoxy) is 1. The minimum Gasteiger partial charge on any atom is -0.504 e. The number of halogens is 1. The molecular formula is C10H9ClO2S. The van der Waals surface area contributed by atoms with Gasteiger partial charge in [0, 0.05) is 11.3 Å². The van der Waals surface area contributed by atoms with Crippen molar-refractivity contribution in [3.05, 3.63) is 23.1 Å². The Morgan fingerprint density at radius 3 is 2.93 bits per heavy atom. The Morgan fingerprint density at radius 1 is 1.50 bits per heavy atom. The lowest BCUT2D eigenvalue weighted by molar-refractivity contribution is 0.378. The van der Waals surface area contributed by atoms with Crippen molar-refractivity contribution in [2.24, 2.45) is 0 Å². The van der Waals surface area contributed by atoms with Crippen LogP contribution >= 0.6 is 22.9 Å². The van der Waals surface area contributed by atoms with E-state index in [-0.39, 0.29) is 5.75 Å². The lowest BCUT2D eigenvalue weighted by Crippen LogP contribution is -1.83. The molecule has 0 radical (unpaired) electrons. The maximum atomic E-state index is 9.54. The van der Waals surface area contributed by atoms with Crippen molar-refractivity contribution in [1.82, 2.24) is 0 Å². The van der Waals surface area contributed by atoms with Gasteiger partial charge < -0.3 is 9.84 Å². The van der Waals surface area contributed by atoms with E-state index in [4.69, 9.17) is 16.3 Å².